The van der Waals surface area contributed by atoms with Gasteiger partial charge >= 0.3 is 12.1 Å². The third kappa shape index (κ3) is 5.36. The Bertz CT molecular complexity index is 1580. The van der Waals surface area contributed by atoms with Crippen LogP contribution in [0.2, 0.25) is 5.02 Å². The highest BCUT2D eigenvalue weighted by molar-refractivity contribution is 7.31. The molecule has 0 aliphatic heterocycles. The van der Waals surface area contributed by atoms with Crippen LogP contribution in [0.4, 0.5) is 10.6 Å². The first-order valence-electron chi connectivity index (χ1n) is 11.2. The van der Waals surface area contributed by atoms with Gasteiger partial charge in [-0.05, 0) is 41.8 Å². The smallest absolute Gasteiger partial charge is 0.413 e. The molecule has 37 heavy (non-hydrogen) atoms. The predicted octanol–water partition coefficient (Wildman–Crippen LogP) is 7.02. The quantitative estimate of drug-likeness (QED) is 0.225. The number of carbonyl (C=O) groups is 2. The van der Waals surface area contributed by atoms with E-state index in [1.54, 1.807) is 30.5 Å². The average molecular weight is 553 g/mol. The zero-order chi connectivity index (χ0) is 26.1. The summed E-state index contributed by atoms with van der Waals surface area (Å²) in [4.78, 5) is 25.5. The molecule has 2 N–H and O–H groups in total. The van der Waals surface area contributed by atoms with Gasteiger partial charge in [0, 0.05) is 26.3 Å². The second-order valence-corrected chi connectivity index (χ2v) is 10.9. The highest BCUT2D eigenvalue weighted by Gasteiger charge is 2.21. The Kier molecular flexibility index (Phi) is 6.96. The molecule has 5 rings (SSSR count). The molecule has 0 bridgehead atoms. The van der Waals surface area contributed by atoms with Crippen molar-refractivity contribution in [2.45, 2.75) is 19.4 Å². The van der Waals surface area contributed by atoms with Crippen molar-refractivity contribution in [3.63, 3.8) is 0 Å². The van der Waals surface area contributed by atoms with Crippen molar-refractivity contribution < 1.29 is 19.4 Å². The number of aryl methyl sites for hydroxylation is 1. The lowest BCUT2D eigenvalue weighted by atomic mass is 10.1. The minimum atomic E-state index is -0.921. The fraction of sp³-hybridized carbons (Fsp3) is 0.154. The van der Waals surface area contributed by atoms with E-state index in [1.807, 2.05) is 49.4 Å². The first-order chi connectivity index (χ1) is 17.8. The molecule has 0 saturated carbocycles. The minimum absolute atomic E-state index is 0.116. The number of carboxylic acid groups (broad SMARTS) is 1. The van der Waals surface area contributed by atoms with Crippen LogP contribution in [0.5, 0.6) is 0 Å². The summed E-state index contributed by atoms with van der Waals surface area (Å²) >= 11 is 9.44. The van der Waals surface area contributed by atoms with Crippen LogP contribution in [-0.2, 0) is 23.0 Å². The van der Waals surface area contributed by atoms with Gasteiger partial charge in [0.25, 0.3) is 0 Å². The number of anilines is 1. The lowest BCUT2D eigenvalue weighted by Crippen LogP contribution is -2.18. The number of carboxylic acids is 1. The van der Waals surface area contributed by atoms with E-state index < -0.39 is 18.2 Å². The van der Waals surface area contributed by atoms with Gasteiger partial charge in [-0.2, -0.15) is 0 Å². The van der Waals surface area contributed by atoms with E-state index in [9.17, 15) is 9.59 Å². The van der Waals surface area contributed by atoms with Crippen LogP contribution in [0.3, 0.4) is 0 Å². The fourth-order valence-electron chi connectivity index (χ4n) is 3.84. The highest BCUT2D eigenvalue weighted by atomic mass is 35.5. The Hall–Kier alpha value is -3.73. The highest BCUT2D eigenvalue weighted by Crippen LogP contribution is 2.43. The number of hydrogen-bond donors (Lipinski definition) is 2. The van der Waals surface area contributed by atoms with Gasteiger partial charge in [0.2, 0.25) is 0 Å². The van der Waals surface area contributed by atoms with Crippen LogP contribution >= 0.6 is 34.3 Å². The molecule has 0 spiro atoms. The van der Waals surface area contributed by atoms with Gasteiger partial charge in [0.05, 0.1) is 11.3 Å². The SMILES string of the molecule is CC(OC(=O)Nc1c(-c2cc3sc(-c4ccc(CC(=O)O)c(Cl)c4)cc3s2)nnn1C)c1ccccc1. The van der Waals surface area contributed by atoms with Crippen LogP contribution in [0.1, 0.15) is 24.2 Å². The van der Waals surface area contributed by atoms with Gasteiger partial charge < -0.3 is 9.84 Å². The van der Waals surface area contributed by atoms with E-state index in [0.717, 1.165) is 30.3 Å². The Morgan fingerprint density at radius 1 is 1.08 bits per heavy atom. The van der Waals surface area contributed by atoms with Crippen LogP contribution in [-0.4, -0.2) is 32.2 Å². The van der Waals surface area contributed by atoms with Crippen molar-refractivity contribution in [1.82, 2.24) is 15.0 Å². The van der Waals surface area contributed by atoms with Gasteiger partial charge in [-0.1, -0.05) is 59.3 Å². The first kappa shape index (κ1) is 24.9. The topological polar surface area (TPSA) is 106 Å². The number of rotatable bonds is 7. The summed E-state index contributed by atoms with van der Waals surface area (Å²) in [6.45, 7) is 1.81. The van der Waals surface area contributed by atoms with E-state index in [2.05, 4.69) is 21.7 Å². The standard InChI is InChI=1S/C26H21ClN4O4S2/c1-14(15-6-4-3-5-7-15)35-26(34)28-25-24(29-30-31(25)2)22-13-21-20(37-22)12-19(36-21)17-9-8-16(11-23(32)33)18(27)10-17/h3-10,12-14H,11H2,1-2H3,(H,28,34)(H,32,33). The summed E-state index contributed by atoms with van der Waals surface area (Å²) in [7, 11) is 1.71. The van der Waals surface area contributed by atoms with Crippen molar-refractivity contribution >= 4 is 61.6 Å². The van der Waals surface area contributed by atoms with Crippen LogP contribution in [0.15, 0.2) is 60.7 Å². The molecule has 5 aromatic rings. The monoisotopic (exact) mass is 552 g/mol. The van der Waals surface area contributed by atoms with E-state index in [4.69, 9.17) is 21.4 Å². The number of thiophene rings is 2. The van der Waals surface area contributed by atoms with Gasteiger partial charge in [-0.3, -0.25) is 10.1 Å². The molecule has 2 aromatic carbocycles. The molecule has 1 atom stereocenters. The molecule has 0 fully saturated rings. The molecule has 188 valence electrons. The number of fused-ring (bicyclic) bond motifs is 1. The molecular formula is C26H21ClN4O4S2. The van der Waals surface area contributed by atoms with E-state index in [0.29, 0.717) is 22.1 Å². The van der Waals surface area contributed by atoms with Gasteiger partial charge in [0.15, 0.2) is 5.82 Å². The number of aromatic nitrogens is 3. The van der Waals surface area contributed by atoms with Gasteiger partial charge in [0.1, 0.15) is 11.8 Å². The molecular weight excluding hydrogens is 532 g/mol. The average Bonchev–Trinajstić information content (AvgIpc) is 3.54. The second-order valence-electron chi connectivity index (χ2n) is 8.32. The normalized spacial score (nSPS) is 12.0. The van der Waals surface area contributed by atoms with Gasteiger partial charge in [-0.15, -0.1) is 27.8 Å². The summed E-state index contributed by atoms with van der Waals surface area (Å²) in [5, 5.41) is 20.6. The summed E-state index contributed by atoms with van der Waals surface area (Å²) < 4.78 is 9.16. The van der Waals surface area contributed by atoms with E-state index >= 15 is 0 Å². The Morgan fingerprint density at radius 3 is 2.49 bits per heavy atom. The lowest BCUT2D eigenvalue weighted by molar-refractivity contribution is -0.136. The van der Waals surface area contributed by atoms with E-state index in [1.165, 1.54) is 16.0 Å². The van der Waals surface area contributed by atoms with Gasteiger partial charge in [-0.25, -0.2) is 9.48 Å². The molecule has 1 amide bonds. The number of ether oxygens (including phenoxy) is 1. The van der Waals surface area contributed by atoms with Crippen molar-refractivity contribution in [2.24, 2.45) is 7.05 Å². The molecule has 0 aliphatic rings. The second kappa shape index (κ2) is 10.3. The summed E-state index contributed by atoms with van der Waals surface area (Å²) in [5.41, 5.74) is 2.96. The zero-order valence-corrected chi connectivity index (χ0v) is 22.2. The predicted molar refractivity (Wildman–Crippen MR) is 146 cm³/mol. The van der Waals surface area contributed by atoms with Crippen molar-refractivity contribution in [3.8, 4) is 21.0 Å². The Morgan fingerprint density at radius 2 is 1.78 bits per heavy atom. The summed E-state index contributed by atoms with van der Waals surface area (Å²) in [5.74, 6) is -0.476. The van der Waals surface area contributed by atoms with Crippen molar-refractivity contribution in [2.75, 3.05) is 5.32 Å². The maximum atomic E-state index is 12.6. The van der Waals surface area contributed by atoms with Crippen molar-refractivity contribution in [3.05, 3.63) is 76.8 Å². The number of nitrogens with one attached hydrogen (secondary N) is 1. The third-order valence-corrected chi connectivity index (χ3v) is 8.42. The maximum Gasteiger partial charge on any atom is 0.413 e. The van der Waals surface area contributed by atoms with Crippen LogP contribution in [0.25, 0.3) is 30.4 Å². The number of nitrogens with zero attached hydrogens (tertiary/aromatic N) is 3. The third-order valence-electron chi connectivity index (χ3n) is 5.72. The number of carbonyl (C=O) groups excluding carboxylic acids is 1. The number of benzene rings is 2. The molecule has 11 heteroatoms. The lowest BCUT2D eigenvalue weighted by Gasteiger charge is -2.14. The molecule has 3 heterocycles. The number of amides is 1. The zero-order valence-electron chi connectivity index (χ0n) is 19.8. The summed E-state index contributed by atoms with van der Waals surface area (Å²) in [6, 6.07) is 19.0. The number of hydrogen-bond acceptors (Lipinski definition) is 7. The Labute approximate surface area is 225 Å². The molecule has 8 nitrogen and oxygen atoms in total. The summed E-state index contributed by atoms with van der Waals surface area (Å²) in [6.07, 6.45) is -1.12. The van der Waals surface area contributed by atoms with Crippen molar-refractivity contribution in [1.29, 1.82) is 0 Å². The largest absolute Gasteiger partial charge is 0.481 e. The number of halogens is 1. The first-order valence-corrected chi connectivity index (χ1v) is 13.3. The molecule has 0 aliphatic carbocycles. The minimum Gasteiger partial charge on any atom is -0.481 e. The molecule has 0 saturated heterocycles. The van der Waals surface area contributed by atoms with E-state index in [-0.39, 0.29) is 6.42 Å². The molecule has 3 aromatic heterocycles. The number of aliphatic carboxylic acids is 1. The maximum absolute atomic E-state index is 12.6. The fourth-order valence-corrected chi connectivity index (χ4v) is 6.47. The molecule has 1 unspecified atom stereocenters. The Balaban J connectivity index is 1.35. The van der Waals surface area contributed by atoms with Crippen LogP contribution in [0, 0.1) is 0 Å². The molecule has 0 radical (unpaired) electrons. The van der Waals surface area contributed by atoms with Crippen LogP contribution < -0.4 is 5.32 Å².